The molecule has 0 spiro atoms. The smallest absolute Gasteiger partial charge is 0.0654 e. The summed E-state index contributed by atoms with van der Waals surface area (Å²) in [7, 11) is 0. The van der Waals surface area contributed by atoms with Crippen LogP contribution in [0.1, 0.15) is 307 Å². The van der Waals surface area contributed by atoms with Crippen molar-refractivity contribution in [2.75, 3.05) is 0 Å². The minimum absolute atomic E-state index is 0.192. The van der Waals surface area contributed by atoms with Crippen LogP contribution in [0.3, 0.4) is 0 Å². The number of nitrogens with zero attached hydrogens (tertiary/aromatic N) is 3. The summed E-state index contributed by atoms with van der Waals surface area (Å²) >= 11 is -3.27. The van der Waals surface area contributed by atoms with Crippen molar-refractivity contribution in [2.24, 2.45) is 4.01 Å². The zero-order chi connectivity index (χ0) is 57.8. The minimum atomic E-state index is -3.05. The van der Waals surface area contributed by atoms with Crippen LogP contribution in [-0.4, -0.2) is 87.3 Å². The first-order chi connectivity index (χ1) is 38.6. The van der Waals surface area contributed by atoms with Gasteiger partial charge in [-0.15, -0.1) is 0 Å². The van der Waals surface area contributed by atoms with E-state index in [1.165, 1.54) is 183 Å². The molecule has 1 heterocycles. The summed E-state index contributed by atoms with van der Waals surface area (Å²) in [6.45, 7) is 9.16. The van der Waals surface area contributed by atoms with Crippen LogP contribution in [0.5, 0.6) is 0 Å². The maximum absolute atomic E-state index is 20.1. The fraction of sp³-hybridized carbons (Fsp3) is 0.743. The third-order valence-corrected chi connectivity index (χ3v) is 32.2. The van der Waals surface area contributed by atoms with E-state index in [-0.39, 0.29) is 26.6 Å². The fourth-order valence-electron chi connectivity index (χ4n) is 14.7. The van der Waals surface area contributed by atoms with E-state index >= 15 is 8.78 Å². The molecule has 1 atom stereocenters. The second-order valence-corrected chi connectivity index (χ2v) is 57.8. The molecular weight excluding hydrogens is 1330 g/mol. The van der Waals surface area contributed by atoms with Crippen molar-refractivity contribution in [3.05, 3.63) is 55.2 Å². The Labute approximate surface area is 512 Å². The van der Waals surface area contributed by atoms with Crippen LogP contribution >= 0.6 is 0 Å². The van der Waals surface area contributed by atoms with Gasteiger partial charge in [0.15, 0.2) is 0 Å². The summed E-state index contributed by atoms with van der Waals surface area (Å²) in [5.41, 5.74) is 7.47. The molecule has 0 aliphatic heterocycles. The van der Waals surface area contributed by atoms with Gasteiger partial charge >= 0.3 is 438 Å². The Hall–Kier alpha value is -0.644. The van der Waals surface area contributed by atoms with E-state index in [9.17, 15) is 5.41 Å². The van der Waals surface area contributed by atoms with Gasteiger partial charge in [0.1, 0.15) is 0 Å². The number of unbranched alkanes of at least 4 members (excludes halogenated alkanes) is 32. The van der Waals surface area contributed by atoms with E-state index < -0.39 is 47.6 Å². The molecule has 80 heavy (non-hydrogen) atoms. The number of allylic oxidation sites excluding steroid dienone is 4. The van der Waals surface area contributed by atoms with Crippen LogP contribution < -0.4 is 3.58 Å². The number of benzene rings is 2. The molecule has 2 aromatic carbocycles. The standard InChI is InChI=1S/C64H95F2N4Se2.6CH3.2Sn/c1-5-9-13-17-21-24-27-30-34-38-45-63(46-39-35-31-28-25-22-18-14-10-6-2)49-41-43-51(67)61(68-71)53(49)55-57(63)60(66)56-54-50(42-44-52-62(54)70-72-69-52)64(58(56)59(55)65,47-37-33-20-16-12-8-4)48-40-36-32-29-26-23-19-15-11-7-3;;;;;;;;/h41-42,67H,5-40,45-48H2,1-4H3;6*1H3;;/b67-51?,68-61+;;;;;;;;. The third kappa shape index (κ3) is 16.9. The average Bonchev–Trinajstić information content (AvgIpc) is 3.02. The Balaban J connectivity index is 1.56. The second-order valence-electron chi connectivity index (χ2n) is 27.6. The molecule has 6 rings (SSSR count). The van der Waals surface area contributed by atoms with E-state index in [1.54, 1.807) is 0 Å². The van der Waals surface area contributed by atoms with E-state index in [0.29, 0.717) is 33.7 Å². The number of hydrogen-bond donors (Lipinski definition) is 1. The molecule has 0 saturated carbocycles. The van der Waals surface area contributed by atoms with Gasteiger partial charge in [0, 0.05) is 0 Å². The number of nitrogens with one attached hydrogen (secondary N) is 1. The van der Waals surface area contributed by atoms with E-state index in [4.69, 9.17) is 12.0 Å². The van der Waals surface area contributed by atoms with Gasteiger partial charge in [-0.05, 0) is 0 Å². The van der Waals surface area contributed by atoms with Crippen LogP contribution in [-0.2, 0) is 10.8 Å². The molecule has 1 N–H and O–H groups in total. The van der Waals surface area contributed by atoms with Crippen LogP contribution in [0.25, 0.3) is 27.7 Å². The van der Waals surface area contributed by atoms with Crippen molar-refractivity contribution >= 4 is 99.6 Å². The topological polar surface area (TPSA) is 62.0 Å². The van der Waals surface area contributed by atoms with E-state index in [1.807, 2.05) is 0 Å². The monoisotopic (exact) mass is 1450 g/mol. The van der Waals surface area contributed by atoms with Gasteiger partial charge in [-0.3, -0.25) is 0 Å². The Morgan fingerprint density at radius 2 is 0.825 bits per heavy atom. The van der Waals surface area contributed by atoms with Gasteiger partial charge < -0.3 is 0 Å². The summed E-state index contributed by atoms with van der Waals surface area (Å²) in [5.74, 6) is -0.408. The third-order valence-electron chi connectivity index (χ3n) is 19.2. The Kier molecular flexibility index (Phi) is 29.1. The normalized spacial score (nSPS) is 17.3. The average molecular weight is 1440 g/mol. The predicted octanol–water partition coefficient (Wildman–Crippen LogP) is 21.8. The summed E-state index contributed by atoms with van der Waals surface area (Å²) in [5, 5.41) is 10.0. The first-order valence-electron chi connectivity index (χ1n) is 33.7. The predicted molar refractivity (Wildman–Crippen MR) is 354 cm³/mol. The van der Waals surface area contributed by atoms with Gasteiger partial charge in [-0.25, -0.2) is 0 Å². The summed E-state index contributed by atoms with van der Waals surface area (Å²) in [6.07, 6.45) is 49.5. The van der Waals surface area contributed by atoms with Crippen molar-refractivity contribution in [1.82, 2.24) is 7.96 Å². The number of halogens is 2. The molecule has 3 aromatic rings. The van der Waals surface area contributed by atoms with E-state index in [0.717, 1.165) is 114 Å². The molecule has 0 bridgehead atoms. The fourth-order valence-corrected chi connectivity index (χ4v) is 25.1. The molecule has 1 radical (unpaired) electrons. The summed E-state index contributed by atoms with van der Waals surface area (Å²) in [6, 6.07) is 2.49. The SMILES string of the molecule is CCCCCCCCCCCCC1(CCCCCCCCCCCC)C2=C(/C(=N/[Se])C(=N)[C]([Sn]([CH3])([CH3])[CH3])=C2)c2c(F)c3c(c(F)c21)-c1c(c[c]([Sn]([CH3])([CH3])[CH3])c2n[se]nc12)C3(CCCCCCCC)CCCCCCCCCCCC. The first-order valence-corrected chi connectivity index (χ1v) is 56.0. The molecule has 447 valence electrons. The Morgan fingerprint density at radius 3 is 1.20 bits per heavy atom. The van der Waals surface area contributed by atoms with Gasteiger partial charge in [-0.1, -0.05) is 78.6 Å². The van der Waals surface area contributed by atoms with Crippen LogP contribution in [0, 0.1) is 17.0 Å². The van der Waals surface area contributed by atoms with Gasteiger partial charge in [0.05, 0.1) is 0 Å². The molecule has 0 amide bonds. The Morgan fingerprint density at radius 1 is 0.475 bits per heavy atom. The summed E-state index contributed by atoms with van der Waals surface area (Å²) in [4.78, 5) is 14.7. The number of rotatable bonds is 42. The van der Waals surface area contributed by atoms with Crippen LogP contribution in [0.4, 0.5) is 8.78 Å². The molecule has 1 aromatic heterocycles. The zero-order valence-electron chi connectivity index (χ0n) is 52.9. The number of fused-ring (bicyclic) bond motifs is 7. The quantitative estimate of drug-likeness (QED) is 0.0349. The van der Waals surface area contributed by atoms with Crippen molar-refractivity contribution in [3.8, 4) is 11.1 Å². The minimum Gasteiger partial charge on any atom is -0.0654 e. The van der Waals surface area contributed by atoms with Crippen LogP contribution in [0.15, 0.2) is 25.3 Å². The second kappa shape index (κ2) is 34.0. The van der Waals surface area contributed by atoms with Crippen molar-refractivity contribution in [1.29, 1.82) is 5.41 Å². The molecule has 3 aliphatic rings. The zero-order valence-corrected chi connectivity index (χ0v) is 62.0. The first kappa shape index (κ1) is 68.5. The van der Waals surface area contributed by atoms with Crippen molar-refractivity contribution in [3.63, 3.8) is 0 Å². The summed E-state index contributed by atoms with van der Waals surface area (Å²) < 4.78 is 58.1. The van der Waals surface area contributed by atoms with Gasteiger partial charge in [-0.2, -0.15) is 0 Å². The van der Waals surface area contributed by atoms with Gasteiger partial charge in [0.2, 0.25) is 0 Å². The molecule has 10 heteroatoms. The maximum atomic E-state index is 20.1. The molecular formula is C70H113F2N4Se2Sn2. The van der Waals surface area contributed by atoms with Crippen molar-refractivity contribution < 1.29 is 8.78 Å². The molecule has 3 aliphatic carbocycles. The number of aromatic nitrogens is 2. The van der Waals surface area contributed by atoms with Gasteiger partial charge in [0.25, 0.3) is 0 Å². The van der Waals surface area contributed by atoms with Crippen LogP contribution in [0.2, 0.25) is 29.6 Å². The van der Waals surface area contributed by atoms with Crippen molar-refractivity contribution in [2.45, 2.75) is 325 Å². The Bertz CT molecular complexity index is 2500. The molecule has 0 saturated heterocycles. The molecule has 1 unspecified atom stereocenters. The van der Waals surface area contributed by atoms with E-state index in [2.05, 4.69) is 85.7 Å². The number of hydrogen-bond acceptors (Lipinski definition) is 4. The molecule has 0 fully saturated rings. The molecule has 4 nitrogen and oxygen atoms in total.